The molecule has 0 aromatic rings. The molecule has 0 radical (unpaired) electrons. The van der Waals surface area contributed by atoms with Crippen LogP contribution in [0.15, 0.2) is 12.2 Å². The number of halogens is 2. The lowest BCUT2D eigenvalue weighted by Crippen LogP contribution is -2.10. The molecule has 1 rings (SSSR count). The number of alkyl halides is 2. The third kappa shape index (κ3) is 2.42. The summed E-state index contributed by atoms with van der Waals surface area (Å²) in [7, 11) is 0. The zero-order valence-corrected chi connectivity index (χ0v) is 8.36. The van der Waals surface area contributed by atoms with Crippen LogP contribution in [0.4, 0.5) is 0 Å². The van der Waals surface area contributed by atoms with Gasteiger partial charge in [-0.2, -0.15) is 0 Å². The molecule has 2 heteroatoms. The van der Waals surface area contributed by atoms with Gasteiger partial charge in [0, 0.05) is 9.65 Å². The first-order valence-corrected chi connectivity index (χ1v) is 5.07. The summed E-state index contributed by atoms with van der Waals surface area (Å²) in [6.45, 7) is 0. The average molecular weight is 254 g/mol. The molecular formula is C7H10Br2. The Hall–Kier alpha value is 0.700. The minimum atomic E-state index is 0.635. The molecule has 0 spiro atoms. The van der Waals surface area contributed by atoms with Crippen LogP contribution in [0.25, 0.3) is 0 Å². The Labute approximate surface area is 73.0 Å². The maximum Gasteiger partial charge on any atom is 0.0305 e. The molecule has 0 N–H and O–H groups in total. The van der Waals surface area contributed by atoms with E-state index in [-0.39, 0.29) is 0 Å². The SMILES string of the molecule is BrC1CC=CCCC1Br. The van der Waals surface area contributed by atoms with Crippen molar-refractivity contribution in [3.05, 3.63) is 12.2 Å². The van der Waals surface area contributed by atoms with Crippen molar-refractivity contribution in [2.45, 2.75) is 28.9 Å². The fourth-order valence-corrected chi connectivity index (χ4v) is 1.89. The second kappa shape index (κ2) is 3.77. The smallest absolute Gasteiger partial charge is 0.0305 e. The largest absolute Gasteiger partial charge is 0.0885 e. The summed E-state index contributed by atoms with van der Waals surface area (Å²) in [5.41, 5.74) is 0. The van der Waals surface area contributed by atoms with Crippen LogP contribution in [0.2, 0.25) is 0 Å². The Balaban J connectivity index is 2.42. The topological polar surface area (TPSA) is 0 Å². The first-order valence-electron chi connectivity index (χ1n) is 3.24. The second-order valence-corrected chi connectivity index (χ2v) is 4.67. The number of allylic oxidation sites excluding steroid dienone is 2. The lowest BCUT2D eigenvalue weighted by molar-refractivity contribution is 0.772. The van der Waals surface area contributed by atoms with Gasteiger partial charge in [0.05, 0.1) is 0 Å². The lowest BCUT2D eigenvalue weighted by atomic mass is 10.2. The van der Waals surface area contributed by atoms with Gasteiger partial charge in [0.25, 0.3) is 0 Å². The van der Waals surface area contributed by atoms with Crippen molar-refractivity contribution in [1.29, 1.82) is 0 Å². The summed E-state index contributed by atoms with van der Waals surface area (Å²) in [5, 5.41) is 0. The summed E-state index contributed by atoms with van der Waals surface area (Å²) in [4.78, 5) is 1.30. The van der Waals surface area contributed by atoms with E-state index in [2.05, 4.69) is 44.0 Å². The van der Waals surface area contributed by atoms with Crippen LogP contribution in [0.3, 0.4) is 0 Å². The van der Waals surface area contributed by atoms with Gasteiger partial charge in [-0.05, 0) is 19.3 Å². The first kappa shape index (κ1) is 7.80. The highest BCUT2D eigenvalue weighted by Crippen LogP contribution is 2.25. The lowest BCUT2D eigenvalue weighted by Gasteiger charge is -2.10. The van der Waals surface area contributed by atoms with Gasteiger partial charge in [-0.25, -0.2) is 0 Å². The normalized spacial score (nSPS) is 36.2. The summed E-state index contributed by atoms with van der Waals surface area (Å²) >= 11 is 7.22. The van der Waals surface area contributed by atoms with Crippen LogP contribution in [0.1, 0.15) is 19.3 Å². The number of hydrogen-bond acceptors (Lipinski definition) is 0. The zero-order chi connectivity index (χ0) is 6.69. The fourth-order valence-electron chi connectivity index (χ4n) is 0.928. The van der Waals surface area contributed by atoms with Gasteiger partial charge in [-0.3, -0.25) is 0 Å². The highest BCUT2D eigenvalue weighted by Gasteiger charge is 2.14. The van der Waals surface area contributed by atoms with Crippen molar-refractivity contribution >= 4 is 31.9 Å². The Morgan fingerprint density at radius 2 is 1.89 bits per heavy atom. The maximum atomic E-state index is 3.62. The third-order valence-electron chi connectivity index (χ3n) is 1.53. The van der Waals surface area contributed by atoms with Gasteiger partial charge < -0.3 is 0 Å². The monoisotopic (exact) mass is 252 g/mol. The van der Waals surface area contributed by atoms with E-state index in [0.717, 1.165) is 6.42 Å². The molecule has 0 aromatic heterocycles. The molecule has 52 valence electrons. The molecule has 0 nitrogen and oxygen atoms in total. The van der Waals surface area contributed by atoms with E-state index in [1.54, 1.807) is 0 Å². The van der Waals surface area contributed by atoms with Crippen LogP contribution in [-0.2, 0) is 0 Å². The Bertz CT molecular complexity index is 109. The van der Waals surface area contributed by atoms with Gasteiger partial charge >= 0.3 is 0 Å². The molecule has 1 aliphatic carbocycles. The predicted octanol–water partition coefficient (Wildman–Crippen LogP) is 3.25. The maximum absolute atomic E-state index is 3.62. The molecule has 0 heterocycles. The molecule has 0 saturated carbocycles. The standard InChI is InChI=1S/C7H10Br2/c8-6-4-2-1-3-5-7(6)9/h1-2,6-7H,3-5H2. The molecule has 2 unspecified atom stereocenters. The van der Waals surface area contributed by atoms with Crippen LogP contribution >= 0.6 is 31.9 Å². The minimum absolute atomic E-state index is 0.635. The van der Waals surface area contributed by atoms with E-state index in [4.69, 9.17) is 0 Å². The van der Waals surface area contributed by atoms with E-state index in [1.807, 2.05) is 0 Å². The Kier molecular flexibility index (Phi) is 3.27. The van der Waals surface area contributed by atoms with Crippen LogP contribution in [0, 0.1) is 0 Å². The Morgan fingerprint density at radius 3 is 2.67 bits per heavy atom. The fraction of sp³-hybridized carbons (Fsp3) is 0.714. The van der Waals surface area contributed by atoms with E-state index >= 15 is 0 Å². The van der Waals surface area contributed by atoms with Crippen LogP contribution < -0.4 is 0 Å². The molecule has 0 aromatic carbocycles. The molecule has 1 aliphatic rings. The molecule has 0 amide bonds. The highest BCUT2D eigenvalue weighted by atomic mass is 79.9. The van der Waals surface area contributed by atoms with Crippen molar-refractivity contribution in [1.82, 2.24) is 0 Å². The van der Waals surface area contributed by atoms with Crippen LogP contribution in [0.5, 0.6) is 0 Å². The first-order chi connectivity index (χ1) is 4.30. The van der Waals surface area contributed by atoms with E-state index in [1.165, 1.54) is 12.8 Å². The van der Waals surface area contributed by atoms with E-state index in [0.29, 0.717) is 9.65 Å². The van der Waals surface area contributed by atoms with Crippen LogP contribution in [-0.4, -0.2) is 9.65 Å². The summed E-state index contributed by atoms with van der Waals surface area (Å²) in [5.74, 6) is 0. The molecule has 0 saturated heterocycles. The van der Waals surface area contributed by atoms with Gasteiger partial charge in [0.2, 0.25) is 0 Å². The second-order valence-electron chi connectivity index (χ2n) is 2.32. The van der Waals surface area contributed by atoms with Crippen molar-refractivity contribution in [2.75, 3.05) is 0 Å². The van der Waals surface area contributed by atoms with Gasteiger partial charge in [-0.15, -0.1) is 0 Å². The van der Waals surface area contributed by atoms with Crippen molar-refractivity contribution < 1.29 is 0 Å². The molecule has 0 bridgehead atoms. The number of rotatable bonds is 0. The summed E-state index contributed by atoms with van der Waals surface area (Å²) in [6, 6.07) is 0. The number of hydrogen-bond donors (Lipinski definition) is 0. The quantitative estimate of drug-likeness (QED) is 0.459. The van der Waals surface area contributed by atoms with Gasteiger partial charge in [0.1, 0.15) is 0 Å². The molecule has 9 heavy (non-hydrogen) atoms. The minimum Gasteiger partial charge on any atom is -0.0885 e. The van der Waals surface area contributed by atoms with Gasteiger partial charge in [-0.1, -0.05) is 44.0 Å². The van der Waals surface area contributed by atoms with Crippen molar-refractivity contribution in [3.8, 4) is 0 Å². The van der Waals surface area contributed by atoms with Crippen molar-refractivity contribution in [2.24, 2.45) is 0 Å². The zero-order valence-electron chi connectivity index (χ0n) is 5.19. The van der Waals surface area contributed by atoms with E-state index < -0.39 is 0 Å². The molecule has 0 aliphatic heterocycles. The van der Waals surface area contributed by atoms with Gasteiger partial charge in [0.15, 0.2) is 0 Å². The molecule has 0 fully saturated rings. The van der Waals surface area contributed by atoms with Crippen molar-refractivity contribution in [3.63, 3.8) is 0 Å². The average Bonchev–Trinajstić information content (AvgIpc) is 1.99. The predicted molar refractivity (Wildman–Crippen MR) is 48.4 cm³/mol. The molecule has 2 atom stereocenters. The Morgan fingerprint density at radius 1 is 1.11 bits per heavy atom. The summed E-state index contributed by atoms with van der Waals surface area (Å²) in [6.07, 6.45) is 8.15. The highest BCUT2D eigenvalue weighted by molar-refractivity contribution is 9.12. The van der Waals surface area contributed by atoms with E-state index in [9.17, 15) is 0 Å². The third-order valence-corrected chi connectivity index (χ3v) is 4.35. The summed E-state index contributed by atoms with van der Waals surface area (Å²) < 4.78 is 0. The molecular weight excluding hydrogens is 244 g/mol.